The van der Waals surface area contributed by atoms with Gasteiger partial charge >= 0.3 is 0 Å². The van der Waals surface area contributed by atoms with E-state index in [9.17, 15) is 4.79 Å². The molecule has 0 bridgehead atoms. The number of ether oxygens (including phenoxy) is 1. The van der Waals surface area contributed by atoms with Crippen molar-refractivity contribution in [2.45, 2.75) is 18.9 Å². The zero-order valence-corrected chi connectivity index (χ0v) is 14.0. The number of imidazole rings is 1. The summed E-state index contributed by atoms with van der Waals surface area (Å²) in [5.74, 6) is 0.0597. The fourth-order valence-corrected chi connectivity index (χ4v) is 3.30. The summed E-state index contributed by atoms with van der Waals surface area (Å²) in [6.07, 6.45) is 3.63. The summed E-state index contributed by atoms with van der Waals surface area (Å²) in [5.41, 5.74) is 3.76. The maximum Gasteiger partial charge on any atom is 0.254 e. The number of fused-ring (bicyclic) bond motifs is 1. The fourth-order valence-electron chi connectivity index (χ4n) is 3.30. The van der Waals surface area contributed by atoms with Gasteiger partial charge in [-0.1, -0.05) is 30.3 Å². The summed E-state index contributed by atoms with van der Waals surface area (Å²) in [4.78, 5) is 22.0. The molecule has 1 saturated heterocycles. The number of H-pyrrole nitrogens is 1. The SMILES string of the molecule is O=C(c1ccc2nc[nH]c2c1)N1CCOC(CCc2ccccc2)C1. The third-order valence-electron chi connectivity index (χ3n) is 4.69. The van der Waals surface area contributed by atoms with Crippen LogP contribution in [-0.4, -0.2) is 46.6 Å². The molecule has 0 aliphatic carbocycles. The molecule has 0 radical (unpaired) electrons. The average molecular weight is 335 g/mol. The molecule has 0 spiro atoms. The van der Waals surface area contributed by atoms with Crippen LogP contribution in [0.15, 0.2) is 54.9 Å². The number of nitrogens with one attached hydrogen (secondary N) is 1. The highest BCUT2D eigenvalue weighted by molar-refractivity contribution is 5.97. The van der Waals surface area contributed by atoms with E-state index in [0.717, 1.165) is 23.9 Å². The Hall–Kier alpha value is -2.66. The van der Waals surface area contributed by atoms with Crippen molar-refractivity contribution in [3.05, 3.63) is 66.0 Å². The van der Waals surface area contributed by atoms with Gasteiger partial charge in [0.15, 0.2) is 0 Å². The molecule has 3 aromatic rings. The first-order valence-corrected chi connectivity index (χ1v) is 8.67. The van der Waals surface area contributed by atoms with Crippen LogP contribution in [0.5, 0.6) is 0 Å². The molecule has 1 aliphatic rings. The van der Waals surface area contributed by atoms with Crippen molar-refractivity contribution >= 4 is 16.9 Å². The highest BCUT2D eigenvalue weighted by atomic mass is 16.5. The smallest absolute Gasteiger partial charge is 0.254 e. The number of hydrogen-bond donors (Lipinski definition) is 1. The Morgan fingerprint density at radius 1 is 1.24 bits per heavy atom. The van der Waals surface area contributed by atoms with Crippen LogP contribution in [0.3, 0.4) is 0 Å². The Bertz CT molecular complexity index is 860. The second-order valence-corrected chi connectivity index (χ2v) is 6.40. The lowest BCUT2D eigenvalue weighted by molar-refractivity contribution is -0.0245. The number of benzene rings is 2. The average Bonchev–Trinajstić information content (AvgIpc) is 3.14. The van der Waals surface area contributed by atoms with Crippen LogP contribution >= 0.6 is 0 Å². The van der Waals surface area contributed by atoms with Crippen molar-refractivity contribution in [2.24, 2.45) is 0 Å². The Balaban J connectivity index is 1.40. The summed E-state index contributed by atoms with van der Waals surface area (Å²) < 4.78 is 5.86. The van der Waals surface area contributed by atoms with Gasteiger partial charge < -0.3 is 14.6 Å². The van der Waals surface area contributed by atoms with Crippen LogP contribution in [-0.2, 0) is 11.2 Å². The van der Waals surface area contributed by atoms with Gasteiger partial charge in [-0.3, -0.25) is 4.79 Å². The number of carbonyl (C=O) groups is 1. The number of aromatic nitrogens is 2. The van der Waals surface area contributed by atoms with Crippen LogP contribution in [0.2, 0.25) is 0 Å². The lowest BCUT2D eigenvalue weighted by Gasteiger charge is -2.33. The van der Waals surface area contributed by atoms with Gasteiger partial charge in [0, 0.05) is 18.7 Å². The number of morpholine rings is 1. The first-order chi connectivity index (χ1) is 12.3. The topological polar surface area (TPSA) is 58.2 Å². The molecule has 1 aliphatic heterocycles. The first kappa shape index (κ1) is 15.8. The molecule has 1 N–H and O–H groups in total. The van der Waals surface area contributed by atoms with E-state index in [1.807, 2.05) is 29.2 Å². The van der Waals surface area contributed by atoms with Crippen LogP contribution < -0.4 is 0 Å². The Morgan fingerprint density at radius 2 is 2.12 bits per heavy atom. The van der Waals surface area contributed by atoms with Crippen molar-refractivity contribution in [1.29, 1.82) is 0 Å². The number of carbonyl (C=O) groups excluding carboxylic acids is 1. The summed E-state index contributed by atoms with van der Waals surface area (Å²) in [6, 6.07) is 16.0. The maximum absolute atomic E-state index is 12.8. The number of aryl methyl sites for hydroxylation is 1. The van der Waals surface area contributed by atoms with E-state index in [-0.39, 0.29) is 12.0 Å². The molecule has 2 heterocycles. The van der Waals surface area contributed by atoms with E-state index >= 15 is 0 Å². The largest absolute Gasteiger partial charge is 0.375 e. The van der Waals surface area contributed by atoms with Gasteiger partial charge in [0.2, 0.25) is 0 Å². The van der Waals surface area contributed by atoms with Crippen molar-refractivity contribution in [3.8, 4) is 0 Å². The van der Waals surface area contributed by atoms with E-state index in [1.165, 1.54) is 5.56 Å². The molecule has 1 atom stereocenters. The van der Waals surface area contributed by atoms with E-state index in [4.69, 9.17) is 4.74 Å². The van der Waals surface area contributed by atoms with Crippen LogP contribution in [0, 0.1) is 0 Å². The predicted octanol–water partition coefficient (Wildman–Crippen LogP) is 3.04. The van der Waals surface area contributed by atoms with Crippen LogP contribution in [0.4, 0.5) is 0 Å². The highest BCUT2D eigenvalue weighted by Crippen LogP contribution is 2.17. The summed E-state index contributed by atoms with van der Waals surface area (Å²) in [6.45, 7) is 1.88. The third kappa shape index (κ3) is 3.56. The molecule has 2 aromatic carbocycles. The van der Waals surface area contributed by atoms with Crippen molar-refractivity contribution in [2.75, 3.05) is 19.7 Å². The minimum absolute atomic E-state index is 0.0597. The van der Waals surface area contributed by atoms with Crippen LogP contribution in [0.1, 0.15) is 22.3 Å². The van der Waals surface area contributed by atoms with Gasteiger partial charge in [0.05, 0.1) is 30.1 Å². The molecular weight excluding hydrogens is 314 g/mol. The zero-order valence-electron chi connectivity index (χ0n) is 14.0. The van der Waals surface area contributed by atoms with Gasteiger partial charge in [0.1, 0.15) is 0 Å². The van der Waals surface area contributed by atoms with E-state index in [1.54, 1.807) is 6.33 Å². The maximum atomic E-state index is 12.8. The third-order valence-corrected chi connectivity index (χ3v) is 4.69. The van der Waals surface area contributed by atoms with Crippen molar-refractivity contribution < 1.29 is 9.53 Å². The molecule has 1 unspecified atom stereocenters. The van der Waals surface area contributed by atoms with Gasteiger partial charge in [-0.25, -0.2) is 4.98 Å². The fraction of sp³-hybridized carbons (Fsp3) is 0.300. The molecule has 1 aromatic heterocycles. The number of nitrogens with zero attached hydrogens (tertiary/aromatic N) is 2. The number of aromatic amines is 1. The normalized spacial score (nSPS) is 17.8. The summed E-state index contributed by atoms with van der Waals surface area (Å²) >= 11 is 0. The Morgan fingerprint density at radius 3 is 3.00 bits per heavy atom. The molecule has 4 rings (SSSR count). The highest BCUT2D eigenvalue weighted by Gasteiger charge is 2.25. The zero-order chi connectivity index (χ0) is 17.1. The quantitative estimate of drug-likeness (QED) is 0.797. The Kier molecular flexibility index (Phi) is 4.48. The van der Waals surface area contributed by atoms with Crippen LogP contribution in [0.25, 0.3) is 11.0 Å². The predicted molar refractivity (Wildman–Crippen MR) is 96.5 cm³/mol. The summed E-state index contributed by atoms with van der Waals surface area (Å²) in [7, 11) is 0. The second kappa shape index (κ2) is 7.07. The number of rotatable bonds is 4. The lowest BCUT2D eigenvalue weighted by Crippen LogP contribution is -2.45. The standard InChI is InChI=1S/C20H21N3O2/c24-20(16-7-9-18-19(12-16)22-14-21-18)23-10-11-25-17(13-23)8-6-15-4-2-1-3-5-15/h1-5,7,9,12,14,17H,6,8,10-11,13H2,(H,21,22). The van der Waals surface area contributed by atoms with Gasteiger partial charge in [-0.2, -0.15) is 0 Å². The van der Waals surface area contributed by atoms with Gasteiger partial charge in [-0.15, -0.1) is 0 Å². The van der Waals surface area contributed by atoms with E-state index < -0.39 is 0 Å². The van der Waals surface area contributed by atoms with Gasteiger partial charge in [0.25, 0.3) is 5.91 Å². The van der Waals surface area contributed by atoms with Crippen molar-refractivity contribution in [1.82, 2.24) is 14.9 Å². The number of hydrogen-bond acceptors (Lipinski definition) is 3. The molecule has 25 heavy (non-hydrogen) atoms. The summed E-state index contributed by atoms with van der Waals surface area (Å²) in [5, 5.41) is 0. The molecule has 1 amide bonds. The molecule has 128 valence electrons. The molecular formula is C20H21N3O2. The second-order valence-electron chi connectivity index (χ2n) is 6.40. The van der Waals surface area contributed by atoms with E-state index in [2.05, 4.69) is 34.2 Å². The molecule has 0 saturated carbocycles. The number of amides is 1. The van der Waals surface area contributed by atoms with E-state index in [0.29, 0.717) is 25.3 Å². The minimum Gasteiger partial charge on any atom is -0.375 e. The van der Waals surface area contributed by atoms with Crippen molar-refractivity contribution in [3.63, 3.8) is 0 Å². The molecule has 5 nitrogen and oxygen atoms in total. The lowest BCUT2D eigenvalue weighted by atomic mass is 10.1. The van der Waals surface area contributed by atoms with Gasteiger partial charge in [-0.05, 0) is 36.6 Å². The Labute approximate surface area is 146 Å². The molecule has 1 fully saturated rings. The minimum atomic E-state index is 0.0597. The monoisotopic (exact) mass is 335 g/mol. The first-order valence-electron chi connectivity index (χ1n) is 8.67. The molecule has 5 heteroatoms.